The largest absolute Gasteiger partial charge is 0.483 e. The summed E-state index contributed by atoms with van der Waals surface area (Å²) >= 11 is 0. The topological polar surface area (TPSA) is 44.2 Å². The summed E-state index contributed by atoms with van der Waals surface area (Å²) in [5.41, 5.74) is 2.27. The van der Waals surface area contributed by atoms with E-state index in [2.05, 4.69) is 29.0 Å². The highest BCUT2D eigenvalue weighted by atomic mass is 19.3. The van der Waals surface area contributed by atoms with Gasteiger partial charge >= 0.3 is 5.92 Å². The monoisotopic (exact) mass is 650 g/mol. The molecule has 1 fully saturated rings. The third-order valence-corrected chi connectivity index (χ3v) is 9.71. The number of alkyl halides is 2. The van der Waals surface area contributed by atoms with Gasteiger partial charge in [0.05, 0.1) is 5.56 Å². The number of hydrogen-bond donors (Lipinski definition) is 0. The Balaban J connectivity index is 1.07. The molecule has 0 amide bonds. The van der Waals surface area contributed by atoms with E-state index < -0.39 is 23.4 Å². The summed E-state index contributed by atoms with van der Waals surface area (Å²) in [7, 11) is 0. The number of fused-ring (bicyclic) bond motifs is 1. The third-order valence-electron chi connectivity index (χ3n) is 9.71. The molecule has 2 aliphatic rings. The van der Waals surface area contributed by atoms with Gasteiger partial charge in [0.2, 0.25) is 0 Å². The third kappa shape index (κ3) is 10.3. The smallest absolute Gasteiger partial charge is 0.315 e. The van der Waals surface area contributed by atoms with Crippen LogP contribution in [-0.2, 0) is 17.1 Å². The van der Waals surface area contributed by atoms with Gasteiger partial charge in [0.15, 0.2) is 11.9 Å². The van der Waals surface area contributed by atoms with E-state index in [1.54, 1.807) is 12.4 Å². The molecule has 0 saturated heterocycles. The highest BCUT2D eigenvalue weighted by molar-refractivity contribution is 5.66. The molecule has 47 heavy (non-hydrogen) atoms. The molecule has 1 aliphatic carbocycles. The first-order chi connectivity index (χ1) is 23.0. The molecule has 2 heterocycles. The molecule has 7 heteroatoms. The van der Waals surface area contributed by atoms with Crippen LogP contribution in [0, 0.1) is 11.7 Å². The van der Waals surface area contributed by atoms with Crippen LogP contribution < -0.4 is 4.74 Å². The summed E-state index contributed by atoms with van der Waals surface area (Å²) in [4.78, 5) is 8.72. The number of benzene rings is 2. The number of ether oxygens (including phenoxy) is 2. The summed E-state index contributed by atoms with van der Waals surface area (Å²) in [6, 6.07) is 11.1. The summed E-state index contributed by atoms with van der Waals surface area (Å²) < 4.78 is 57.8. The van der Waals surface area contributed by atoms with E-state index in [1.165, 1.54) is 75.5 Å². The summed E-state index contributed by atoms with van der Waals surface area (Å²) in [6.45, 7) is 3.88. The maximum Gasteiger partial charge on any atom is 0.315 e. The molecule has 3 aromatic rings. The van der Waals surface area contributed by atoms with Gasteiger partial charge in [-0.2, -0.15) is 8.78 Å². The van der Waals surface area contributed by atoms with Gasteiger partial charge in [-0.15, -0.1) is 0 Å². The molecule has 0 N–H and O–H groups in total. The maximum atomic E-state index is 15.6. The van der Waals surface area contributed by atoms with Gasteiger partial charge in [-0.25, -0.2) is 14.4 Å². The minimum atomic E-state index is -3.40. The lowest BCUT2D eigenvalue weighted by Gasteiger charge is -2.18. The van der Waals surface area contributed by atoms with Crippen LogP contribution in [-0.4, -0.2) is 29.3 Å². The molecule has 1 saturated carbocycles. The fourth-order valence-electron chi connectivity index (χ4n) is 6.57. The van der Waals surface area contributed by atoms with Crippen molar-refractivity contribution >= 4 is 0 Å². The van der Waals surface area contributed by atoms with E-state index in [4.69, 9.17) is 9.47 Å². The van der Waals surface area contributed by atoms with Gasteiger partial charge in [-0.1, -0.05) is 108 Å². The number of halogens is 3. The van der Waals surface area contributed by atoms with Crippen LogP contribution in [0.4, 0.5) is 13.2 Å². The Bertz CT molecular complexity index is 1360. The molecule has 0 spiro atoms. The summed E-state index contributed by atoms with van der Waals surface area (Å²) in [6.07, 6.45) is 21.8. The Hall–Kier alpha value is -2.93. The van der Waals surface area contributed by atoms with Crippen molar-refractivity contribution in [1.82, 2.24) is 9.97 Å². The van der Waals surface area contributed by atoms with Gasteiger partial charge in [-0.3, -0.25) is 0 Å². The van der Waals surface area contributed by atoms with Crippen LogP contribution in [0.3, 0.4) is 0 Å². The molecule has 1 unspecified atom stereocenters. The zero-order valence-electron chi connectivity index (χ0n) is 28.3. The SMILES string of the molecule is CCCCCCOCCCCc1ccc(-c2cnc(-c3ccc4c(c3F)C(F)(F)C(CCCCCCCCCC3CC3)O4)nc2)cc1. The Morgan fingerprint density at radius 3 is 2.06 bits per heavy atom. The predicted octanol–water partition coefficient (Wildman–Crippen LogP) is 11.6. The molecular weight excluding hydrogens is 597 g/mol. The Morgan fingerprint density at radius 1 is 0.745 bits per heavy atom. The maximum absolute atomic E-state index is 15.6. The Labute approximate surface area is 279 Å². The number of unbranched alkanes of at least 4 members (excludes halogenated alkanes) is 10. The van der Waals surface area contributed by atoms with Crippen LogP contribution in [0.15, 0.2) is 48.8 Å². The lowest BCUT2D eigenvalue weighted by molar-refractivity contribution is -0.0811. The van der Waals surface area contributed by atoms with Crippen molar-refractivity contribution in [3.63, 3.8) is 0 Å². The molecule has 0 radical (unpaired) electrons. The van der Waals surface area contributed by atoms with Crippen molar-refractivity contribution in [2.24, 2.45) is 5.92 Å². The Kier molecular flexibility index (Phi) is 13.6. The zero-order valence-corrected chi connectivity index (χ0v) is 28.3. The normalized spacial score (nSPS) is 16.7. The van der Waals surface area contributed by atoms with E-state index in [0.29, 0.717) is 6.42 Å². The first-order valence-corrected chi connectivity index (χ1v) is 18.3. The molecule has 1 atom stereocenters. The van der Waals surface area contributed by atoms with Crippen LogP contribution in [0.25, 0.3) is 22.5 Å². The summed E-state index contributed by atoms with van der Waals surface area (Å²) in [5, 5.41) is 0. The van der Waals surface area contributed by atoms with Crippen molar-refractivity contribution in [3.05, 3.63) is 65.7 Å². The van der Waals surface area contributed by atoms with Gasteiger partial charge in [0.25, 0.3) is 0 Å². The van der Waals surface area contributed by atoms with Gasteiger partial charge < -0.3 is 9.47 Å². The number of nitrogens with zero attached hydrogens (tertiary/aromatic N) is 2. The van der Waals surface area contributed by atoms with E-state index in [1.807, 2.05) is 12.1 Å². The number of aryl methyl sites for hydroxylation is 1. The van der Waals surface area contributed by atoms with E-state index in [-0.39, 0.29) is 23.6 Å². The second kappa shape index (κ2) is 18.0. The average Bonchev–Trinajstić information content (AvgIpc) is 3.87. The average molecular weight is 651 g/mol. The Morgan fingerprint density at radius 2 is 1.38 bits per heavy atom. The molecule has 0 bridgehead atoms. The number of aromatic nitrogens is 2. The zero-order chi connectivity index (χ0) is 32.9. The molecule has 2 aromatic carbocycles. The predicted molar refractivity (Wildman–Crippen MR) is 183 cm³/mol. The molecule has 5 rings (SSSR count). The number of rotatable bonds is 22. The molecule has 256 valence electrons. The van der Waals surface area contributed by atoms with Gasteiger partial charge in [0, 0.05) is 31.2 Å². The van der Waals surface area contributed by atoms with Crippen LogP contribution in [0.1, 0.15) is 127 Å². The first kappa shape index (κ1) is 35.4. The minimum absolute atomic E-state index is 0.0406. The van der Waals surface area contributed by atoms with Crippen LogP contribution in [0.2, 0.25) is 0 Å². The molecule has 1 aliphatic heterocycles. The van der Waals surface area contributed by atoms with Crippen LogP contribution in [0.5, 0.6) is 5.75 Å². The van der Waals surface area contributed by atoms with Gasteiger partial charge in [0.1, 0.15) is 17.1 Å². The standard InChI is InChI=1S/C40H53F3N2O2/c1-2-3-4-13-26-46-27-14-12-16-31-20-22-32(23-21-31)33-28-44-39(45-29-33)34-24-25-35-37(38(34)41)40(42,43)36(47-35)17-11-9-7-5-6-8-10-15-30-18-19-30/h20-25,28-30,36H,2-19,26-27H2,1H3. The van der Waals surface area contributed by atoms with Crippen molar-refractivity contribution in [3.8, 4) is 28.3 Å². The van der Waals surface area contributed by atoms with E-state index in [9.17, 15) is 0 Å². The quantitative estimate of drug-likeness (QED) is 0.102. The van der Waals surface area contributed by atoms with E-state index in [0.717, 1.165) is 75.2 Å². The highest BCUT2D eigenvalue weighted by Crippen LogP contribution is 2.50. The lowest BCUT2D eigenvalue weighted by atomic mass is 9.97. The van der Waals surface area contributed by atoms with Crippen molar-refractivity contribution in [2.75, 3.05) is 13.2 Å². The summed E-state index contributed by atoms with van der Waals surface area (Å²) in [5.74, 6) is -3.41. The molecular formula is C40H53F3N2O2. The van der Waals surface area contributed by atoms with Gasteiger partial charge in [-0.05, 0) is 67.7 Å². The van der Waals surface area contributed by atoms with Crippen LogP contribution >= 0.6 is 0 Å². The molecule has 4 nitrogen and oxygen atoms in total. The molecule has 1 aromatic heterocycles. The lowest BCUT2D eigenvalue weighted by Crippen LogP contribution is -2.30. The first-order valence-electron chi connectivity index (χ1n) is 18.3. The second-order valence-electron chi connectivity index (χ2n) is 13.6. The van der Waals surface area contributed by atoms with Crippen molar-refractivity contribution in [2.45, 2.75) is 135 Å². The van der Waals surface area contributed by atoms with E-state index >= 15 is 13.2 Å². The fourth-order valence-corrected chi connectivity index (χ4v) is 6.57. The minimum Gasteiger partial charge on any atom is -0.483 e. The second-order valence-corrected chi connectivity index (χ2v) is 13.6. The highest BCUT2D eigenvalue weighted by Gasteiger charge is 2.53. The number of hydrogen-bond acceptors (Lipinski definition) is 4. The van der Waals surface area contributed by atoms with Crippen molar-refractivity contribution < 1.29 is 22.6 Å². The van der Waals surface area contributed by atoms with Crippen molar-refractivity contribution in [1.29, 1.82) is 0 Å². The fraction of sp³-hybridized carbons (Fsp3) is 0.600.